The lowest BCUT2D eigenvalue weighted by Gasteiger charge is -2.47. The molecule has 3 aliphatic heterocycles. The summed E-state index contributed by atoms with van der Waals surface area (Å²) in [4.78, 5) is 104. The zero-order chi connectivity index (χ0) is 66.6. The highest BCUT2D eigenvalue weighted by Crippen LogP contribution is 2.38. The van der Waals surface area contributed by atoms with Crippen LogP contribution in [0, 0.1) is 11.8 Å². The monoisotopic (exact) mass is 1300 g/mol. The van der Waals surface area contributed by atoms with E-state index in [0.29, 0.717) is 0 Å². The topological polar surface area (TPSA) is 308 Å². The molecule has 1 N–H and O–H groups in total. The average Bonchev–Trinajstić information content (AvgIpc) is 0.784. The summed E-state index contributed by atoms with van der Waals surface area (Å²) in [6.45, 7) is 0.950. The van der Waals surface area contributed by atoms with Crippen molar-refractivity contribution in [3.63, 3.8) is 0 Å². The molecule has 0 radical (unpaired) electrons. The number of carbonyl (C=O) groups excluding carboxylic acids is 7. The van der Waals surface area contributed by atoms with Crippen LogP contribution in [-0.2, 0) is 61.6 Å². The highest BCUT2D eigenvalue weighted by molar-refractivity contribution is 5.93. The quantitative estimate of drug-likeness (QED) is 0.0139. The van der Waals surface area contributed by atoms with Gasteiger partial charge in [0.2, 0.25) is 0 Å². The summed E-state index contributed by atoms with van der Waals surface area (Å²) in [5.74, 6) is -7.55. The van der Waals surface area contributed by atoms with Crippen LogP contribution in [0.25, 0.3) is 10.4 Å². The number of nitrogens with zero attached hydrogens (tertiary/aromatic N) is 3. The van der Waals surface area contributed by atoms with Crippen LogP contribution in [0.5, 0.6) is 0 Å². The summed E-state index contributed by atoms with van der Waals surface area (Å²) in [5.41, 5.74) is 9.60. The van der Waals surface area contributed by atoms with E-state index in [-0.39, 0.29) is 52.1 Å². The molecule has 7 aromatic carbocycles. The fourth-order valence-corrected chi connectivity index (χ4v) is 10.9. The minimum absolute atomic E-state index is 0.00149. The molecule has 10 rings (SSSR count). The number of ether oxygens (including phenoxy) is 13. The molecular formula is C71H67N3O21. The van der Waals surface area contributed by atoms with Crippen LogP contribution in [0.1, 0.15) is 86.4 Å². The van der Waals surface area contributed by atoms with E-state index < -0.39 is 153 Å². The molecule has 0 saturated carbocycles. The Morgan fingerprint density at radius 3 is 0.905 bits per heavy atom. The highest BCUT2D eigenvalue weighted by atomic mass is 16.8. The van der Waals surface area contributed by atoms with Gasteiger partial charge in [-0.15, -0.1) is 0 Å². The van der Waals surface area contributed by atoms with Crippen molar-refractivity contribution in [2.24, 2.45) is 17.0 Å². The van der Waals surface area contributed by atoms with E-state index in [0.717, 1.165) is 0 Å². The van der Waals surface area contributed by atoms with Gasteiger partial charge in [-0.1, -0.05) is 146 Å². The van der Waals surface area contributed by atoms with Gasteiger partial charge in [0.1, 0.15) is 12.2 Å². The molecule has 24 nitrogen and oxygen atoms in total. The third-order valence-electron chi connectivity index (χ3n) is 16.0. The fraction of sp³-hybridized carbons (Fsp3) is 0.310. The Kier molecular flexibility index (Phi) is 23.6. The molecule has 3 fully saturated rings. The van der Waals surface area contributed by atoms with Crippen molar-refractivity contribution < 1.29 is 100 Å². The molecule has 3 saturated heterocycles. The van der Waals surface area contributed by atoms with E-state index in [1.165, 1.54) is 72.8 Å². The van der Waals surface area contributed by atoms with E-state index in [1.54, 1.807) is 146 Å². The zero-order valence-electron chi connectivity index (χ0n) is 51.4. The van der Waals surface area contributed by atoms with Crippen molar-refractivity contribution in [1.29, 1.82) is 0 Å². The third-order valence-corrected chi connectivity index (χ3v) is 16.0. The fourth-order valence-electron chi connectivity index (χ4n) is 10.9. The molecule has 3 heterocycles. The number of aliphatic hydroxyl groups is 1. The second-order valence-corrected chi connectivity index (χ2v) is 22.2. The van der Waals surface area contributed by atoms with Gasteiger partial charge in [-0.05, 0) is 96.4 Å². The Bertz CT molecular complexity index is 3730. The number of carbonyl (C=O) groups is 7. The van der Waals surface area contributed by atoms with E-state index >= 15 is 0 Å². The number of esters is 7. The Hall–Kier alpha value is -10.1. The zero-order valence-corrected chi connectivity index (χ0v) is 51.4. The van der Waals surface area contributed by atoms with Gasteiger partial charge in [-0.2, -0.15) is 0 Å². The molecular weight excluding hydrogens is 1230 g/mol. The lowest BCUT2D eigenvalue weighted by molar-refractivity contribution is -0.336. The Morgan fingerprint density at radius 1 is 0.358 bits per heavy atom. The molecule has 0 amide bonds. The molecule has 15 atom stereocenters. The van der Waals surface area contributed by atoms with Gasteiger partial charge in [-0.25, -0.2) is 33.6 Å². The minimum atomic E-state index is -1.98. The molecule has 7 aromatic rings. The van der Waals surface area contributed by atoms with Gasteiger partial charge in [0.25, 0.3) is 0 Å². The van der Waals surface area contributed by atoms with Crippen molar-refractivity contribution in [2.75, 3.05) is 33.0 Å². The van der Waals surface area contributed by atoms with Crippen molar-refractivity contribution >= 4 is 41.8 Å². The normalized spacial score (nSPS) is 25.4. The van der Waals surface area contributed by atoms with E-state index in [4.69, 9.17) is 61.6 Å². The molecule has 0 aliphatic carbocycles. The average molecular weight is 1300 g/mol. The van der Waals surface area contributed by atoms with Gasteiger partial charge in [0.15, 0.2) is 61.6 Å². The first-order valence-electron chi connectivity index (χ1n) is 30.5. The molecule has 0 unspecified atom stereocenters. The molecule has 95 heavy (non-hydrogen) atoms. The first kappa shape index (κ1) is 67.7. The van der Waals surface area contributed by atoms with E-state index in [1.807, 2.05) is 6.92 Å². The Labute approximate surface area is 545 Å². The van der Waals surface area contributed by atoms with E-state index in [9.17, 15) is 44.2 Å². The van der Waals surface area contributed by atoms with Gasteiger partial charge < -0.3 is 66.7 Å². The summed E-state index contributed by atoms with van der Waals surface area (Å²) in [6.07, 6.45) is -21.7. The lowest BCUT2D eigenvalue weighted by Crippen LogP contribution is -2.65. The summed E-state index contributed by atoms with van der Waals surface area (Å²) < 4.78 is 83.4. The van der Waals surface area contributed by atoms with Crippen LogP contribution in [0.4, 0.5) is 0 Å². The van der Waals surface area contributed by atoms with Crippen LogP contribution in [0.15, 0.2) is 217 Å². The molecule has 24 heteroatoms. The standard InChI is InChI=1S/C71H67N3O21/c1-43-44(2)55(89-62(76)45-24-10-3-11-25-45)69(86-52(43)40-75)84-41-54-57(91-64(78)47-28-14-5-15-29-47)59(93-66(80)49-32-18-7-19-33-49)61(95-68(82)51-36-22-9-23-37-51)71(88-54)85-42-53-56(90-63(77)46-26-12-4-13-27-46)58(92-65(79)48-30-16-6-17-31-48)60(70(87-53)83-39-38-73-74-72)94-67(81)50-34-20-8-21-35-50/h3-37,43-44,52-61,69-71,75H,38-42H2,1-2H3/t43-,44-,52+,53+,54+,55+,56+,57+,58-,59-,60+,61+,69+,70+,71+/m0/s1. The van der Waals surface area contributed by atoms with Crippen LogP contribution >= 0.6 is 0 Å². The number of hydrogen-bond acceptors (Lipinski definition) is 22. The number of hydrogen-bond donors (Lipinski definition) is 1. The number of benzene rings is 7. The SMILES string of the molecule is C[C@H]1[C@H](C)[C@@H](CO)O[C@@H](OC[C@H]2O[C@@H](OC[C@H]3O[C@@H](OCCN=[N+]=[N-])[C@H](OC(=O)c4ccccc4)[C@@H](OC(=O)c4ccccc4)[C@@H]3OC(=O)c3ccccc3)[C@H](OC(=O)c3ccccc3)[C@@H](OC(=O)c3ccccc3)[C@@H]2OC(=O)c2ccccc2)[C@@H]1OC(=O)c1ccccc1. The maximum absolute atomic E-state index is 14.7. The second-order valence-electron chi connectivity index (χ2n) is 22.2. The lowest BCUT2D eigenvalue weighted by atomic mass is 9.83. The van der Waals surface area contributed by atoms with Crippen LogP contribution in [0.3, 0.4) is 0 Å². The first-order chi connectivity index (χ1) is 46.3. The van der Waals surface area contributed by atoms with Gasteiger partial charge in [0.05, 0.1) is 71.5 Å². The van der Waals surface area contributed by atoms with Crippen molar-refractivity contribution in [2.45, 2.75) is 93.8 Å². The summed E-state index contributed by atoms with van der Waals surface area (Å²) in [6, 6.07) is 54.6. The Balaban J connectivity index is 1.09. The predicted molar refractivity (Wildman–Crippen MR) is 333 cm³/mol. The largest absolute Gasteiger partial charge is 0.453 e. The minimum Gasteiger partial charge on any atom is -0.453 e. The molecule has 492 valence electrons. The molecule has 0 bridgehead atoms. The van der Waals surface area contributed by atoms with Crippen LogP contribution in [0.2, 0.25) is 0 Å². The summed E-state index contributed by atoms with van der Waals surface area (Å²) in [7, 11) is 0. The van der Waals surface area contributed by atoms with Crippen molar-refractivity contribution in [3.8, 4) is 0 Å². The van der Waals surface area contributed by atoms with Gasteiger partial charge in [0, 0.05) is 17.4 Å². The highest BCUT2D eigenvalue weighted by Gasteiger charge is 2.57. The van der Waals surface area contributed by atoms with E-state index in [2.05, 4.69) is 10.0 Å². The molecule has 3 aliphatic rings. The molecule has 0 spiro atoms. The number of azide groups is 1. The third kappa shape index (κ3) is 17.4. The number of aliphatic hydroxyl groups excluding tert-OH is 1. The van der Waals surface area contributed by atoms with Crippen molar-refractivity contribution in [3.05, 3.63) is 262 Å². The summed E-state index contributed by atoms with van der Waals surface area (Å²) in [5, 5.41) is 14.2. The van der Waals surface area contributed by atoms with Gasteiger partial charge >= 0.3 is 41.8 Å². The number of rotatable bonds is 25. The van der Waals surface area contributed by atoms with Crippen molar-refractivity contribution in [1.82, 2.24) is 0 Å². The first-order valence-corrected chi connectivity index (χ1v) is 30.5. The van der Waals surface area contributed by atoms with Crippen LogP contribution < -0.4 is 0 Å². The second kappa shape index (κ2) is 33.1. The maximum atomic E-state index is 14.7. The Morgan fingerprint density at radius 2 is 0.611 bits per heavy atom. The maximum Gasteiger partial charge on any atom is 0.338 e. The predicted octanol–water partition coefficient (Wildman–Crippen LogP) is 9.36. The summed E-state index contributed by atoms with van der Waals surface area (Å²) >= 11 is 0. The molecule has 0 aromatic heterocycles. The van der Waals surface area contributed by atoms with Gasteiger partial charge in [-0.3, -0.25) is 0 Å². The smallest absolute Gasteiger partial charge is 0.338 e. The van der Waals surface area contributed by atoms with Crippen LogP contribution in [-0.4, -0.2) is 160 Å².